The first-order valence-corrected chi connectivity index (χ1v) is 12.3. The van der Waals surface area contributed by atoms with Crippen molar-refractivity contribution in [2.75, 3.05) is 13.2 Å². The molecule has 0 aliphatic rings. The SMILES string of the molecule is CC(C)(C)OC(=O)CNC(CO[Si](C)(C)C(C)(C)C)c1ccc(C#N)cc1. The van der Waals surface area contributed by atoms with Crippen molar-refractivity contribution in [1.29, 1.82) is 5.26 Å². The highest BCUT2D eigenvalue weighted by Gasteiger charge is 2.37. The lowest BCUT2D eigenvalue weighted by Gasteiger charge is -2.37. The molecule has 0 spiro atoms. The van der Waals surface area contributed by atoms with Crippen LogP contribution in [0.2, 0.25) is 18.1 Å². The zero-order valence-electron chi connectivity index (χ0n) is 18.0. The fourth-order valence-corrected chi connectivity index (χ4v) is 3.17. The lowest BCUT2D eigenvalue weighted by Crippen LogP contribution is -2.43. The summed E-state index contributed by atoms with van der Waals surface area (Å²) in [6.45, 7) is 17.1. The second-order valence-corrected chi connectivity index (χ2v) is 14.1. The van der Waals surface area contributed by atoms with Gasteiger partial charge >= 0.3 is 5.97 Å². The molecule has 1 unspecified atom stereocenters. The molecule has 6 heteroatoms. The molecule has 0 heterocycles. The first kappa shape index (κ1) is 23.4. The molecule has 150 valence electrons. The molecule has 1 rings (SSSR count). The van der Waals surface area contributed by atoms with Crippen LogP contribution in [-0.2, 0) is 14.0 Å². The molecule has 0 fully saturated rings. The van der Waals surface area contributed by atoms with E-state index in [0.29, 0.717) is 12.2 Å². The molecule has 0 radical (unpaired) electrons. The molecule has 0 bridgehead atoms. The Labute approximate surface area is 165 Å². The van der Waals surface area contributed by atoms with E-state index in [1.807, 2.05) is 32.9 Å². The van der Waals surface area contributed by atoms with Crippen LogP contribution in [-0.4, -0.2) is 33.0 Å². The number of benzene rings is 1. The normalized spacial score (nSPS) is 13.7. The Bertz CT molecular complexity index is 665. The maximum atomic E-state index is 12.1. The van der Waals surface area contributed by atoms with Gasteiger partial charge in [0.05, 0.1) is 30.8 Å². The second-order valence-electron chi connectivity index (χ2n) is 9.33. The van der Waals surface area contributed by atoms with Crippen LogP contribution in [0.5, 0.6) is 0 Å². The Hall–Kier alpha value is -1.68. The van der Waals surface area contributed by atoms with Gasteiger partial charge in [-0.2, -0.15) is 5.26 Å². The van der Waals surface area contributed by atoms with Gasteiger partial charge in [0, 0.05) is 0 Å². The van der Waals surface area contributed by atoms with Crippen LogP contribution in [0.15, 0.2) is 24.3 Å². The van der Waals surface area contributed by atoms with Crippen molar-refractivity contribution < 1.29 is 14.0 Å². The molecule has 5 nitrogen and oxygen atoms in total. The summed E-state index contributed by atoms with van der Waals surface area (Å²) in [6.07, 6.45) is 0. The second kappa shape index (κ2) is 9.00. The van der Waals surface area contributed by atoms with Gasteiger partial charge in [-0.3, -0.25) is 10.1 Å². The van der Waals surface area contributed by atoms with E-state index in [9.17, 15) is 4.79 Å². The average molecular weight is 391 g/mol. The fourth-order valence-electron chi connectivity index (χ4n) is 2.16. The van der Waals surface area contributed by atoms with Gasteiger partial charge in [0.15, 0.2) is 8.32 Å². The Balaban J connectivity index is 2.89. The summed E-state index contributed by atoms with van der Waals surface area (Å²) in [5.41, 5.74) is 1.08. The van der Waals surface area contributed by atoms with Crippen LogP contribution in [0.1, 0.15) is 58.7 Å². The number of carbonyl (C=O) groups excluding carboxylic acids is 1. The maximum Gasteiger partial charge on any atom is 0.320 e. The quantitative estimate of drug-likeness (QED) is 0.546. The van der Waals surface area contributed by atoms with Crippen molar-refractivity contribution in [1.82, 2.24) is 5.32 Å². The lowest BCUT2D eigenvalue weighted by molar-refractivity contribution is -0.153. The number of rotatable bonds is 7. The van der Waals surface area contributed by atoms with Gasteiger partial charge in [-0.1, -0.05) is 32.9 Å². The smallest absolute Gasteiger partial charge is 0.320 e. The molecular weight excluding hydrogens is 356 g/mol. The number of nitriles is 1. The van der Waals surface area contributed by atoms with Crippen molar-refractivity contribution in [2.45, 2.75) is 71.3 Å². The molecule has 0 amide bonds. The molecule has 27 heavy (non-hydrogen) atoms. The van der Waals surface area contributed by atoms with E-state index in [1.165, 1.54) is 0 Å². The van der Waals surface area contributed by atoms with Gasteiger partial charge in [0.2, 0.25) is 0 Å². The first-order chi connectivity index (χ1) is 12.2. The number of nitrogens with zero attached hydrogens (tertiary/aromatic N) is 1. The number of esters is 1. The topological polar surface area (TPSA) is 71.3 Å². The van der Waals surface area contributed by atoms with Gasteiger partial charge in [-0.15, -0.1) is 0 Å². The van der Waals surface area contributed by atoms with Crippen LogP contribution in [0.25, 0.3) is 0 Å². The van der Waals surface area contributed by atoms with E-state index in [2.05, 4.69) is 45.3 Å². The summed E-state index contributed by atoms with van der Waals surface area (Å²) in [5.74, 6) is -0.298. The highest BCUT2D eigenvalue weighted by Crippen LogP contribution is 2.37. The average Bonchev–Trinajstić information content (AvgIpc) is 2.52. The van der Waals surface area contributed by atoms with Gasteiger partial charge < -0.3 is 9.16 Å². The minimum absolute atomic E-state index is 0.100. The first-order valence-electron chi connectivity index (χ1n) is 9.34. The van der Waals surface area contributed by atoms with Crippen LogP contribution in [0, 0.1) is 11.3 Å². The molecule has 0 aromatic heterocycles. The zero-order chi connectivity index (χ0) is 20.9. The number of nitrogens with one attached hydrogen (secondary N) is 1. The van der Waals surface area contributed by atoms with Crippen molar-refractivity contribution in [3.8, 4) is 6.07 Å². The van der Waals surface area contributed by atoms with Crippen molar-refractivity contribution in [2.24, 2.45) is 0 Å². The predicted octanol–water partition coefficient (Wildman–Crippen LogP) is 4.55. The summed E-state index contributed by atoms with van der Waals surface area (Å²) in [4.78, 5) is 12.1. The number of hydrogen-bond acceptors (Lipinski definition) is 5. The van der Waals surface area contributed by atoms with Crippen LogP contribution < -0.4 is 5.32 Å². The van der Waals surface area contributed by atoms with E-state index in [-0.39, 0.29) is 23.6 Å². The van der Waals surface area contributed by atoms with Crippen molar-refractivity contribution >= 4 is 14.3 Å². The van der Waals surface area contributed by atoms with Crippen LogP contribution in [0.3, 0.4) is 0 Å². The van der Waals surface area contributed by atoms with Gasteiger partial charge in [-0.25, -0.2) is 0 Å². The van der Waals surface area contributed by atoms with Gasteiger partial charge in [0.25, 0.3) is 0 Å². The molecule has 1 aromatic carbocycles. The van der Waals surface area contributed by atoms with Crippen molar-refractivity contribution in [3.05, 3.63) is 35.4 Å². The lowest BCUT2D eigenvalue weighted by atomic mass is 10.1. The van der Waals surface area contributed by atoms with E-state index < -0.39 is 13.9 Å². The molecule has 1 N–H and O–H groups in total. The summed E-state index contributed by atoms with van der Waals surface area (Å²) in [6, 6.07) is 9.34. The molecule has 0 saturated carbocycles. The van der Waals surface area contributed by atoms with E-state index in [4.69, 9.17) is 14.4 Å². The molecule has 0 aliphatic carbocycles. The monoisotopic (exact) mass is 390 g/mol. The standard InChI is InChI=1S/C21H34N2O3Si/c1-20(2,3)26-19(24)14-23-18(15-25-27(7,8)21(4,5)6)17-11-9-16(13-22)10-12-17/h9-12,18,23H,14-15H2,1-8H3. The Morgan fingerprint density at radius 3 is 2.15 bits per heavy atom. The van der Waals surface area contributed by atoms with Crippen LogP contribution >= 0.6 is 0 Å². The summed E-state index contributed by atoms with van der Waals surface area (Å²) in [7, 11) is -1.92. The Morgan fingerprint density at radius 1 is 1.15 bits per heavy atom. The molecular formula is C21H34N2O3Si. The third-order valence-electron chi connectivity index (χ3n) is 4.77. The van der Waals surface area contributed by atoms with E-state index in [1.54, 1.807) is 12.1 Å². The maximum absolute atomic E-state index is 12.1. The Kier molecular flexibility index (Phi) is 7.79. The highest BCUT2D eigenvalue weighted by atomic mass is 28.4. The van der Waals surface area contributed by atoms with Crippen LogP contribution in [0.4, 0.5) is 0 Å². The van der Waals surface area contributed by atoms with E-state index in [0.717, 1.165) is 5.56 Å². The zero-order valence-corrected chi connectivity index (χ0v) is 19.0. The predicted molar refractivity (Wildman–Crippen MR) is 111 cm³/mol. The number of hydrogen-bond donors (Lipinski definition) is 1. The fraction of sp³-hybridized carbons (Fsp3) is 0.619. The molecule has 0 saturated heterocycles. The number of ether oxygens (including phenoxy) is 1. The largest absolute Gasteiger partial charge is 0.459 e. The minimum Gasteiger partial charge on any atom is -0.459 e. The Morgan fingerprint density at radius 2 is 1.70 bits per heavy atom. The highest BCUT2D eigenvalue weighted by molar-refractivity contribution is 6.74. The van der Waals surface area contributed by atoms with Crippen molar-refractivity contribution in [3.63, 3.8) is 0 Å². The van der Waals surface area contributed by atoms with E-state index >= 15 is 0 Å². The molecule has 1 aromatic rings. The third kappa shape index (κ3) is 7.83. The third-order valence-corrected chi connectivity index (χ3v) is 9.27. The molecule has 0 aliphatic heterocycles. The number of carbonyl (C=O) groups is 1. The summed E-state index contributed by atoms with van der Waals surface area (Å²) in [5, 5.41) is 12.4. The minimum atomic E-state index is -1.92. The summed E-state index contributed by atoms with van der Waals surface area (Å²) >= 11 is 0. The van der Waals surface area contributed by atoms with Gasteiger partial charge in [0.1, 0.15) is 5.60 Å². The molecule has 1 atom stereocenters. The van der Waals surface area contributed by atoms with Gasteiger partial charge in [-0.05, 0) is 56.6 Å². The summed E-state index contributed by atoms with van der Waals surface area (Å²) < 4.78 is 11.7.